The van der Waals surface area contributed by atoms with Crippen LogP contribution in [0.3, 0.4) is 0 Å². The zero-order valence-electron chi connectivity index (χ0n) is 24.7. The number of esters is 1. The number of rotatable bonds is 7. The molecule has 0 fully saturated rings. The first-order valence-corrected chi connectivity index (χ1v) is 16.8. The summed E-state index contributed by atoms with van der Waals surface area (Å²) in [7, 11) is 0. The molecule has 0 unspecified atom stereocenters. The molecule has 3 heterocycles. The highest BCUT2D eigenvalue weighted by Crippen LogP contribution is 2.35. The van der Waals surface area contributed by atoms with E-state index in [1.807, 2.05) is 72.8 Å². The lowest BCUT2D eigenvalue weighted by Crippen LogP contribution is -2.40. The van der Waals surface area contributed by atoms with Crippen molar-refractivity contribution in [2.75, 3.05) is 6.61 Å². The molecule has 2 aromatic heterocycles. The molecule has 1 atom stereocenters. The second-order valence-electron chi connectivity index (χ2n) is 10.8. The molecule has 4 aromatic carbocycles. The quantitative estimate of drug-likeness (QED) is 0.163. The largest absolute Gasteiger partial charge is 0.463 e. The van der Waals surface area contributed by atoms with E-state index in [1.54, 1.807) is 23.6 Å². The average Bonchev–Trinajstić information content (AvgIpc) is 3.58. The second kappa shape index (κ2) is 12.7. The van der Waals surface area contributed by atoms with Crippen LogP contribution in [0.15, 0.2) is 129 Å². The van der Waals surface area contributed by atoms with Gasteiger partial charge in [-0.1, -0.05) is 112 Å². The number of carbonyl (C=O) groups is 1. The lowest BCUT2D eigenvalue weighted by molar-refractivity contribution is -0.138. The minimum absolute atomic E-state index is 0.187. The standard InChI is InChI=1S/C37H27BrClN3O3S/c1-2-45-36(44)32-33(24-8-4-3-5-9-24)40-37-42(34(32)25-14-18-28(39)19-15-25)35(43)31(46-37)20-26-22-41(30-11-7-6-10-29(26)30)21-23-12-16-27(38)17-13-23/h3-20,22,34H,2,21H2,1H3/b31-20-/t34-/m0/s1. The molecular weight excluding hydrogens is 682 g/mol. The molecular formula is C37H27BrClN3O3S. The molecule has 0 saturated heterocycles. The van der Waals surface area contributed by atoms with Gasteiger partial charge >= 0.3 is 5.97 Å². The Morgan fingerprint density at radius 1 is 0.978 bits per heavy atom. The zero-order chi connectivity index (χ0) is 31.8. The van der Waals surface area contributed by atoms with Crippen molar-refractivity contribution in [1.82, 2.24) is 9.13 Å². The van der Waals surface area contributed by atoms with Crippen molar-refractivity contribution in [1.29, 1.82) is 0 Å². The predicted octanol–water partition coefficient (Wildman–Crippen LogP) is 7.35. The zero-order valence-corrected chi connectivity index (χ0v) is 27.9. The second-order valence-corrected chi connectivity index (χ2v) is 13.2. The van der Waals surface area contributed by atoms with E-state index >= 15 is 0 Å². The number of aromatic nitrogens is 2. The van der Waals surface area contributed by atoms with Crippen molar-refractivity contribution in [3.8, 4) is 0 Å². The van der Waals surface area contributed by atoms with Gasteiger partial charge in [0.25, 0.3) is 5.56 Å². The number of benzene rings is 4. The summed E-state index contributed by atoms with van der Waals surface area (Å²) in [5, 5.41) is 1.59. The van der Waals surface area contributed by atoms with Gasteiger partial charge in [0.2, 0.25) is 0 Å². The first-order valence-electron chi connectivity index (χ1n) is 14.8. The molecule has 0 saturated carbocycles. The molecule has 0 N–H and O–H groups in total. The molecule has 1 aliphatic heterocycles. The number of hydrogen-bond acceptors (Lipinski definition) is 5. The third kappa shape index (κ3) is 5.68. The van der Waals surface area contributed by atoms with Gasteiger partial charge in [-0.15, -0.1) is 0 Å². The van der Waals surface area contributed by atoms with Crippen molar-refractivity contribution in [3.63, 3.8) is 0 Å². The topological polar surface area (TPSA) is 65.6 Å². The Balaban J connectivity index is 1.44. The third-order valence-corrected chi connectivity index (χ3v) is 9.70. The van der Waals surface area contributed by atoms with Crippen molar-refractivity contribution in [2.45, 2.75) is 19.5 Å². The highest BCUT2D eigenvalue weighted by Gasteiger charge is 2.35. The van der Waals surface area contributed by atoms with Crippen LogP contribution < -0.4 is 14.9 Å². The minimum Gasteiger partial charge on any atom is -0.463 e. The van der Waals surface area contributed by atoms with E-state index in [0.29, 0.717) is 32.2 Å². The number of hydrogen-bond donors (Lipinski definition) is 0. The van der Waals surface area contributed by atoms with Gasteiger partial charge in [0.15, 0.2) is 4.80 Å². The molecule has 6 aromatic rings. The van der Waals surface area contributed by atoms with Gasteiger partial charge in [-0.2, -0.15) is 0 Å². The van der Waals surface area contributed by atoms with Gasteiger partial charge in [0.1, 0.15) is 0 Å². The normalized spacial score (nSPS) is 14.8. The van der Waals surface area contributed by atoms with Crippen molar-refractivity contribution < 1.29 is 9.53 Å². The van der Waals surface area contributed by atoms with Crippen LogP contribution in [0.2, 0.25) is 5.02 Å². The summed E-state index contributed by atoms with van der Waals surface area (Å²) in [4.78, 5) is 33.5. The fraction of sp³-hybridized carbons (Fsp3) is 0.108. The molecule has 0 amide bonds. The molecule has 6 nitrogen and oxygen atoms in total. The van der Waals surface area contributed by atoms with Gasteiger partial charge < -0.3 is 9.30 Å². The summed E-state index contributed by atoms with van der Waals surface area (Å²) in [6.45, 7) is 2.63. The summed E-state index contributed by atoms with van der Waals surface area (Å²) < 4.78 is 10.9. The monoisotopic (exact) mass is 707 g/mol. The number of para-hydroxylation sites is 1. The van der Waals surface area contributed by atoms with E-state index in [4.69, 9.17) is 21.3 Å². The van der Waals surface area contributed by atoms with E-state index < -0.39 is 12.0 Å². The van der Waals surface area contributed by atoms with Crippen LogP contribution in [0, 0.1) is 0 Å². The van der Waals surface area contributed by atoms with Crippen LogP contribution in [0.4, 0.5) is 0 Å². The van der Waals surface area contributed by atoms with Crippen LogP contribution >= 0.6 is 38.9 Å². The van der Waals surface area contributed by atoms with Crippen LogP contribution in [0.1, 0.15) is 35.2 Å². The predicted molar refractivity (Wildman–Crippen MR) is 188 cm³/mol. The van der Waals surface area contributed by atoms with Crippen LogP contribution in [0.25, 0.3) is 22.7 Å². The summed E-state index contributed by atoms with van der Waals surface area (Å²) in [6.07, 6.45) is 4.01. The molecule has 9 heteroatoms. The highest BCUT2D eigenvalue weighted by molar-refractivity contribution is 9.10. The first-order chi connectivity index (χ1) is 22.4. The fourth-order valence-electron chi connectivity index (χ4n) is 5.85. The Kier molecular flexibility index (Phi) is 8.34. The summed E-state index contributed by atoms with van der Waals surface area (Å²) >= 11 is 11.1. The molecule has 7 rings (SSSR count). The van der Waals surface area contributed by atoms with E-state index in [9.17, 15) is 9.59 Å². The fourth-order valence-corrected chi connectivity index (χ4v) is 7.23. The number of fused-ring (bicyclic) bond motifs is 2. The average molecular weight is 709 g/mol. The number of halogens is 2. The van der Waals surface area contributed by atoms with Gasteiger partial charge in [0, 0.05) is 44.3 Å². The molecule has 228 valence electrons. The minimum atomic E-state index is -0.760. The smallest absolute Gasteiger partial charge is 0.338 e. The maximum atomic E-state index is 14.4. The van der Waals surface area contributed by atoms with Gasteiger partial charge in [-0.25, -0.2) is 9.79 Å². The van der Waals surface area contributed by atoms with E-state index in [2.05, 4.69) is 51.0 Å². The van der Waals surface area contributed by atoms with Crippen LogP contribution in [-0.4, -0.2) is 21.7 Å². The Hall–Kier alpha value is -4.50. The van der Waals surface area contributed by atoms with E-state index in [1.165, 1.54) is 11.3 Å². The SMILES string of the molecule is CCOC(=O)C1=C(c2ccccc2)N=c2s/c(=C\c3cn(Cc4ccc(Br)cc4)c4ccccc34)c(=O)n2[C@H]1c1ccc(Cl)cc1. The molecule has 0 bridgehead atoms. The van der Waals surface area contributed by atoms with Gasteiger partial charge in [-0.05, 0) is 54.5 Å². The lowest BCUT2D eigenvalue weighted by Gasteiger charge is -2.25. The Labute approximate surface area is 282 Å². The highest BCUT2D eigenvalue weighted by atomic mass is 79.9. The molecule has 46 heavy (non-hydrogen) atoms. The van der Waals surface area contributed by atoms with Crippen molar-refractivity contribution in [3.05, 3.63) is 166 Å². The molecule has 1 aliphatic rings. The molecule has 0 aliphatic carbocycles. The summed E-state index contributed by atoms with van der Waals surface area (Å²) in [5.41, 5.74) is 5.21. The van der Waals surface area contributed by atoms with E-state index in [-0.39, 0.29) is 12.2 Å². The third-order valence-electron chi connectivity index (χ3n) is 7.93. The maximum Gasteiger partial charge on any atom is 0.338 e. The Bertz CT molecular complexity index is 2300. The number of nitrogens with zero attached hydrogens (tertiary/aromatic N) is 3. The summed E-state index contributed by atoms with van der Waals surface area (Å²) in [6, 6.07) is 32.4. The lowest BCUT2D eigenvalue weighted by atomic mass is 9.93. The molecule has 0 radical (unpaired) electrons. The Morgan fingerprint density at radius 3 is 2.43 bits per heavy atom. The molecule has 0 spiro atoms. The summed E-state index contributed by atoms with van der Waals surface area (Å²) in [5.74, 6) is -0.518. The number of ether oxygens (including phenoxy) is 1. The van der Waals surface area contributed by atoms with Crippen LogP contribution in [-0.2, 0) is 16.1 Å². The van der Waals surface area contributed by atoms with Crippen molar-refractivity contribution in [2.24, 2.45) is 4.99 Å². The van der Waals surface area contributed by atoms with Crippen LogP contribution in [0.5, 0.6) is 0 Å². The van der Waals surface area contributed by atoms with Crippen molar-refractivity contribution >= 4 is 67.5 Å². The maximum absolute atomic E-state index is 14.4. The van der Waals surface area contributed by atoms with E-state index in [0.717, 1.165) is 37.6 Å². The van der Waals surface area contributed by atoms with Gasteiger partial charge in [0.05, 0.1) is 28.5 Å². The number of thiazole rings is 1. The number of carbonyl (C=O) groups excluding carboxylic acids is 1. The Morgan fingerprint density at radius 2 is 1.70 bits per heavy atom. The first kappa shape index (κ1) is 30.2. The van der Waals surface area contributed by atoms with Gasteiger partial charge in [-0.3, -0.25) is 9.36 Å².